The van der Waals surface area contributed by atoms with E-state index in [1.807, 2.05) is 12.4 Å². The van der Waals surface area contributed by atoms with Gasteiger partial charge in [-0.25, -0.2) is 0 Å². The van der Waals surface area contributed by atoms with E-state index in [1.54, 1.807) is 0 Å². The molecule has 0 radical (unpaired) electrons. The molecule has 3 nitrogen and oxygen atoms in total. The molecule has 2 bridgehead atoms. The smallest absolute Gasteiger partial charge is 0.111 e. The van der Waals surface area contributed by atoms with Gasteiger partial charge in [0.25, 0.3) is 0 Å². The number of aliphatic imine (C=N–C) groups is 1. The molecule has 2 heterocycles. The second-order valence-electron chi connectivity index (χ2n) is 6.16. The van der Waals surface area contributed by atoms with E-state index in [1.165, 1.54) is 28.1 Å². The van der Waals surface area contributed by atoms with Crippen LogP contribution < -0.4 is 0 Å². The number of nitrogens with zero attached hydrogens (tertiary/aromatic N) is 1. The third kappa shape index (κ3) is 1.38. The summed E-state index contributed by atoms with van der Waals surface area (Å²) >= 11 is 0. The van der Waals surface area contributed by atoms with E-state index in [0.29, 0.717) is 5.92 Å². The molecule has 1 unspecified atom stereocenters. The Labute approximate surface area is 118 Å². The summed E-state index contributed by atoms with van der Waals surface area (Å²) in [4.78, 5) is 11.8. The SMILES string of the molecule is Cc1cc(C)c(C=NC23CC(=Cc4cc[nH]c42)[C@@H]3C)[nH]1. The first-order valence-corrected chi connectivity index (χ1v) is 7.20. The number of hydrogen-bond donors (Lipinski definition) is 2. The highest BCUT2D eigenvalue weighted by molar-refractivity contribution is 5.81. The van der Waals surface area contributed by atoms with Crippen molar-refractivity contribution in [2.45, 2.75) is 32.7 Å². The van der Waals surface area contributed by atoms with Crippen molar-refractivity contribution in [1.29, 1.82) is 0 Å². The fourth-order valence-electron chi connectivity index (χ4n) is 3.64. The molecule has 2 aromatic rings. The third-order valence-electron chi connectivity index (χ3n) is 4.91. The number of nitrogens with one attached hydrogen (secondary N) is 2. The van der Waals surface area contributed by atoms with E-state index < -0.39 is 0 Å². The number of H-pyrrole nitrogens is 2. The molecule has 0 spiro atoms. The number of rotatable bonds is 2. The molecular formula is C17H19N3. The van der Waals surface area contributed by atoms with Crippen molar-refractivity contribution in [2.24, 2.45) is 10.9 Å². The maximum absolute atomic E-state index is 4.99. The Balaban J connectivity index is 1.76. The highest BCUT2D eigenvalue weighted by atomic mass is 15.0. The molecular weight excluding hydrogens is 246 g/mol. The van der Waals surface area contributed by atoms with Gasteiger partial charge in [0, 0.05) is 30.4 Å². The maximum Gasteiger partial charge on any atom is 0.111 e. The van der Waals surface area contributed by atoms with Gasteiger partial charge >= 0.3 is 0 Å². The predicted octanol–water partition coefficient (Wildman–Crippen LogP) is 3.71. The summed E-state index contributed by atoms with van der Waals surface area (Å²) in [6, 6.07) is 4.31. The van der Waals surface area contributed by atoms with Crippen LogP contribution in [0.3, 0.4) is 0 Å². The van der Waals surface area contributed by atoms with Gasteiger partial charge in [0.15, 0.2) is 0 Å². The second-order valence-corrected chi connectivity index (χ2v) is 6.16. The highest BCUT2D eigenvalue weighted by Gasteiger charge is 2.53. The first-order valence-electron chi connectivity index (χ1n) is 7.20. The molecule has 3 heteroatoms. The Morgan fingerprint density at radius 2 is 2.25 bits per heavy atom. The Morgan fingerprint density at radius 1 is 1.40 bits per heavy atom. The van der Waals surface area contributed by atoms with Crippen molar-refractivity contribution >= 4 is 12.3 Å². The zero-order valence-corrected chi connectivity index (χ0v) is 12.1. The topological polar surface area (TPSA) is 43.9 Å². The van der Waals surface area contributed by atoms with Crippen LogP contribution in [0.2, 0.25) is 0 Å². The molecule has 3 aliphatic rings. The van der Waals surface area contributed by atoms with E-state index in [9.17, 15) is 0 Å². The Morgan fingerprint density at radius 3 is 2.95 bits per heavy atom. The van der Waals surface area contributed by atoms with Gasteiger partial charge in [0.05, 0.1) is 11.4 Å². The summed E-state index contributed by atoms with van der Waals surface area (Å²) < 4.78 is 0. The monoisotopic (exact) mass is 265 g/mol. The molecule has 2 atom stereocenters. The van der Waals surface area contributed by atoms with Crippen LogP contribution in [0.5, 0.6) is 0 Å². The van der Waals surface area contributed by atoms with Gasteiger partial charge in [-0.15, -0.1) is 0 Å². The van der Waals surface area contributed by atoms with Crippen LogP contribution >= 0.6 is 0 Å². The average Bonchev–Trinajstić information content (AvgIpc) is 3.02. The Hall–Kier alpha value is -2.03. The van der Waals surface area contributed by atoms with Crippen molar-refractivity contribution < 1.29 is 0 Å². The maximum atomic E-state index is 4.99. The lowest BCUT2D eigenvalue weighted by atomic mass is 9.58. The average molecular weight is 265 g/mol. The summed E-state index contributed by atoms with van der Waals surface area (Å²) in [6.07, 6.45) is 7.41. The number of aromatic amines is 2. The van der Waals surface area contributed by atoms with E-state index in [2.05, 4.69) is 48.9 Å². The van der Waals surface area contributed by atoms with Crippen LogP contribution in [-0.2, 0) is 5.54 Å². The minimum atomic E-state index is -0.0750. The van der Waals surface area contributed by atoms with E-state index in [4.69, 9.17) is 4.99 Å². The van der Waals surface area contributed by atoms with Gasteiger partial charge in [0.2, 0.25) is 0 Å². The zero-order chi connectivity index (χ0) is 13.9. The first kappa shape index (κ1) is 11.8. The molecule has 5 rings (SSSR count). The van der Waals surface area contributed by atoms with Gasteiger partial charge in [-0.2, -0.15) is 0 Å². The molecule has 2 N–H and O–H groups in total. The van der Waals surface area contributed by atoms with Crippen LogP contribution in [-0.4, -0.2) is 16.2 Å². The van der Waals surface area contributed by atoms with Crippen molar-refractivity contribution in [3.8, 4) is 0 Å². The molecule has 0 aromatic carbocycles. The second kappa shape index (κ2) is 3.75. The normalized spacial score (nSPS) is 27.4. The van der Waals surface area contributed by atoms with Crippen molar-refractivity contribution in [3.63, 3.8) is 0 Å². The minimum absolute atomic E-state index is 0.0750. The van der Waals surface area contributed by atoms with Crippen LogP contribution in [0.15, 0.2) is 28.9 Å². The van der Waals surface area contributed by atoms with Gasteiger partial charge in [-0.3, -0.25) is 4.99 Å². The van der Waals surface area contributed by atoms with Crippen LogP contribution in [0, 0.1) is 19.8 Å². The van der Waals surface area contributed by atoms with Gasteiger partial charge in [-0.05, 0) is 37.1 Å². The third-order valence-corrected chi connectivity index (χ3v) is 4.91. The largest absolute Gasteiger partial charge is 0.362 e. The van der Waals surface area contributed by atoms with Gasteiger partial charge < -0.3 is 9.97 Å². The van der Waals surface area contributed by atoms with Crippen molar-refractivity contribution in [2.75, 3.05) is 0 Å². The fraction of sp³-hybridized carbons (Fsp3) is 0.353. The molecule has 0 aliphatic heterocycles. The first-order chi connectivity index (χ1) is 9.60. The van der Waals surface area contributed by atoms with Crippen molar-refractivity contribution in [1.82, 2.24) is 9.97 Å². The standard InChI is InChI=1S/C17H19N3/c1-10-6-11(2)20-15(10)9-19-17-8-14(12(17)3)7-13-4-5-18-16(13)17/h4-7,9,12,18,20H,8H2,1-3H3/t12-,17?/m0/s1. The van der Waals surface area contributed by atoms with Crippen LogP contribution in [0.4, 0.5) is 0 Å². The lowest BCUT2D eigenvalue weighted by Crippen LogP contribution is -2.46. The zero-order valence-electron chi connectivity index (χ0n) is 12.1. The van der Waals surface area contributed by atoms with Gasteiger partial charge in [-0.1, -0.05) is 18.6 Å². The minimum Gasteiger partial charge on any atom is -0.362 e. The molecule has 102 valence electrons. The van der Waals surface area contributed by atoms with E-state index in [0.717, 1.165) is 12.1 Å². The molecule has 0 saturated heterocycles. The summed E-state index contributed by atoms with van der Waals surface area (Å²) in [5.41, 5.74) is 7.60. The molecule has 1 fully saturated rings. The number of hydrogen-bond acceptors (Lipinski definition) is 1. The Kier molecular flexibility index (Phi) is 2.21. The highest BCUT2D eigenvalue weighted by Crippen LogP contribution is 2.57. The van der Waals surface area contributed by atoms with E-state index in [-0.39, 0.29) is 5.54 Å². The molecule has 3 aliphatic carbocycles. The van der Waals surface area contributed by atoms with Crippen molar-refractivity contribution in [3.05, 3.63) is 52.1 Å². The van der Waals surface area contributed by atoms with E-state index >= 15 is 0 Å². The molecule has 20 heavy (non-hydrogen) atoms. The fourth-order valence-corrected chi connectivity index (χ4v) is 3.64. The molecule has 2 aromatic heterocycles. The quantitative estimate of drug-likeness (QED) is 0.778. The summed E-state index contributed by atoms with van der Waals surface area (Å²) in [7, 11) is 0. The number of aromatic nitrogens is 2. The molecule has 0 amide bonds. The lowest BCUT2D eigenvalue weighted by Gasteiger charge is -2.50. The predicted molar refractivity (Wildman–Crippen MR) is 82.1 cm³/mol. The van der Waals surface area contributed by atoms with Crippen LogP contribution in [0.25, 0.3) is 6.08 Å². The summed E-state index contributed by atoms with van der Waals surface area (Å²) in [5, 5.41) is 0. The Bertz CT molecular complexity index is 744. The molecule has 1 saturated carbocycles. The summed E-state index contributed by atoms with van der Waals surface area (Å²) in [6.45, 7) is 6.49. The lowest BCUT2D eigenvalue weighted by molar-refractivity contribution is 0.230. The van der Waals surface area contributed by atoms with Crippen LogP contribution in [0.1, 0.15) is 41.6 Å². The van der Waals surface area contributed by atoms with Gasteiger partial charge in [0.1, 0.15) is 5.54 Å². The summed E-state index contributed by atoms with van der Waals surface area (Å²) in [5.74, 6) is 0.501. The number of aryl methyl sites for hydroxylation is 2.